The monoisotopic (exact) mass is 202 g/mol. The second-order valence-electron chi connectivity index (χ2n) is 2.22. The normalized spacial score (nSPS) is 9.62. The van der Waals surface area contributed by atoms with Crippen molar-refractivity contribution in [3.8, 4) is 0 Å². The summed E-state index contributed by atoms with van der Waals surface area (Å²) in [6, 6.07) is 0. The Morgan fingerprint density at radius 1 is 1.77 bits per heavy atom. The molecular formula is C6H10N4O2S. The first-order valence-electron chi connectivity index (χ1n) is 3.75. The van der Waals surface area contributed by atoms with Crippen LogP contribution < -0.4 is 11.1 Å². The minimum absolute atomic E-state index is 0.149. The van der Waals surface area contributed by atoms with Gasteiger partial charge in [0.05, 0.1) is 6.61 Å². The van der Waals surface area contributed by atoms with Gasteiger partial charge in [-0.15, -0.1) is 0 Å². The van der Waals surface area contributed by atoms with Gasteiger partial charge in [-0.3, -0.25) is 5.32 Å². The van der Waals surface area contributed by atoms with Crippen LogP contribution in [0.15, 0.2) is 0 Å². The summed E-state index contributed by atoms with van der Waals surface area (Å²) < 4.78 is 8.44. The third-order valence-electron chi connectivity index (χ3n) is 1.09. The highest BCUT2D eigenvalue weighted by molar-refractivity contribution is 7.10. The van der Waals surface area contributed by atoms with Crippen molar-refractivity contribution in [3.63, 3.8) is 0 Å². The zero-order chi connectivity index (χ0) is 9.68. The Morgan fingerprint density at radius 3 is 3.08 bits per heavy atom. The summed E-state index contributed by atoms with van der Waals surface area (Å²) >= 11 is 1.01. The van der Waals surface area contributed by atoms with E-state index in [1.165, 1.54) is 0 Å². The number of amides is 1. The Labute approximate surface area is 79.3 Å². The molecule has 6 nitrogen and oxygen atoms in total. The van der Waals surface area contributed by atoms with Gasteiger partial charge in [0, 0.05) is 11.5 Å². The van der Waals surface area contributed by atoms with Crippen LogP contribution in [0.3, 0.4) is 0 Å². The van der Waals surface area contributed by atoms with Gasteiger partial charge in [0.1, 0.15) is 0 Å². The summed E-state index contributed by atoms with van der Waals surface area (Å²) in [7, 11) is 0. The van der Waals surface area contributed by atoms with Crippen molar-refractivity contribution in [1.82, 2.24) is 9.36 Å². The zero-order valence-electron chi connectivity index (χ0n) is 7.11. The molecule has 1 aromatic rings. The maximum absolute atomic E-state index is 10.9. The van der Waals surface area contributed by atoms with E-state index in [0.717, 1.165) is 18.0 Å². The molecule has 1 amide bonds. The van der Waals surface area contributed by atoms with Crippen molar-refractivity contribution in [1.29, 1.82) is 0 Å². The molecule has 3 N–H and O–H groups in total. The van der Waals surface area contributed by atoms with Gasteiger partial charge in [-0.1, -0.05) is 6.92 Å². The van der Waals surface area contributed by atoms with Crippen LogP contribution in [-0.4, -0.2) is 22.1 Å². The second-order valence-corrected chi connectivity index (χ2v) is 2.97. The smallest absolute Gasteiger partial charge is 0.413 e. The van der Waals surface area contributed by atoms with Crippen molar-refractivity contribution in [2.24, 2.45) is 0 Å². The Kier molecular flexibility index (Phi) is 3.44. The molecule has 0 radical (unpaired) electrons. The third kappa shape index (κ3) is 3.24. The lowest BCUT2D eigenvalue weighted by Gasteiger charge is -2.01. The standard InChI is InChI=1S/C6H10N4O2S/c1-2-3-12-6(11)9-5-8-4(7)10-13-5/h2-3H2,1H3,(H3,7,8,9,10,11). The fourth-order valence-corrected chi connectivity index (χ4v) is 1.09. The largest absolute Gasteiger partial charge is 0.449 e. The predicted octanol–water partition coefficient (Wildman–Crippen LogP) is 1.08. The summed E-state index contributed by atoms with van der Waals surface area (Å²) in [6.07, 6.45) is 0.254. The van der Waals surface area contributed by atoms with Crippen molar-refractivity contribution in [2.75, 3.05) is 17.7 Å². The van der Waals surface area contributed by atoms with Crippen molar-refractivity contribution in [2.45, 2.75) is 13.3 Å². The van der Waals surface area contributed by atoms with Crippen LogP contribution in [0.1, 0.15) is 13.3 Å². The number of rotatable bonds is 3. The predicted molar refractivity (Wildman–Crippen MR) is 49.6 cm³/mol. The van der Waals surface area contributed by atoms with Crippen molar-refractivity contribution >= 4 is 28.7 Å². The summed E-state index contributed by atoms with van der Waals surface area (Å²) in [6.45, 7) is 2.30. The number of carbonyl (C=O) groups excluding carboxylic acids is 1. The van der Waals surface area contributed by atoms with Crippen LogP contribution in [-0.2, 0) is 4.74 Å². The average molecular weight is 202 g/mol. The molecule has 0 aliphatic carbocycles. The van der Waals surface area contributed by atoms with Crippen LogP contribution >= 0.6 is 11.5 Å². The van der Waals surface area contributed by atoms with Gasteiger partial charge in [0.25, 0.3) is 0 Å². The van der Waals surface area contributed by atoms with Crippen LogP contribution in [0, 0.1) is 0 Å². The molecule has 0 saturated heterocycles. The Balaban J connectivity index is 2.36. The molecule has 0 spiro atoms. The van der Waals surface area contributed by atoms with Gasteiger partial charge in [-0.05, 0) is 6.42 Å². The molecule has 1 rings (SSSR count). The lowest BCUT2D eigenvalue weighted by atomic mass is 10.5. The highest BCUT2D eigenvalue weighted by Crippen LogP contribution is 2.11. The van der Waals surface area contributed by atoms with Crippen molar-refractivity contribution < 1.29 is 9.53 Å². The average Bonchev–Trinajstić information content (AvgIpc) is 2.48. The SMILES string of the molecule is CCCOC(=O)Nc1nc(N)ns1. The van der Waals surface area contributed by atoms with E-state index < -0.39 is 6.09 Å². The molecule has 1 aromatic heterocycles. The molecule has 0 fully saturated rings. The Hall–Kier alpha value is -1.37. The van der Waals surface area contributed by atoms with E-state index >= 15 is 0 Å². The topological polar surface area (TPSA) is 90.1 Å². The summed E-state index contributed by atoms with van der Waals surface area (Å²) in [4.78, 5) is 14.7. The molecular weight excluding hydrogens is 192 g/mol. The molecule has 0 unspecified atom stereocenters. The van der Waals surface area contributed by atoms with Gasteiger partial charge in [0.2, 0.25) is 11.1 Å². The fourth-order valence-electron chi connectivity index (χ4n) is 0.604. The number of nitrogen functional groups attached to an aromatic ring is 1. The van der Waals surface area contributed by atoms with E-state index in [1.54, 1.807) is 0 Å². The third-order valence-corrected chi connectivity index (χ3v) is 1.73. The fraction of sp³-hybridized carbons (Fsp3) is 0.500. The lowest BCUT2D eigenvalue weighted by molar-refractivity contribution is 0.161. The highest BCUT2D eigenvalue weighted by atomic mass is 32.1. The van der Waals surface area contributed by atoms with Crippen LogP contribution in [0.4, 0.5) is 15.9 Å². The molecule has 0 aromatic carbocycles. The summed E-state index contributed by atoms with van der Waals surface area (Å²) in [5.41, 5.74) is 5.25. The number of anilines is 2. The zero-order valence-corrected chi connectivity index (χ0v) is 7.93. The maximum atomic E-state index is 10.9. The number of carbonyl (C=O) groups is 1. The minimum Gasteiger partial charge on any atom is -0.449 e. The van der Waals surface area contributed by atoms with E-state index in [0.29, 0.717) is 11.7 Å². The van der Waals surface area contributed by atoms with Crippen LogP contribution in [0.5, 0.6) is 0 Å². The van der Waals surface area contributed by atoms with Gasteiger partial charge >= 0.3 is 6.09 Å². The first kappa shape index (κ1) is 9.72. The molecule has 72 valence electrons. The number of nitrogens with one attached hydrogen (secondary N) is 1. The Morgan fingerprint density at radius 2 is 2.54 bits per heavy atom. The number of nitrogens with zero attached hydrogens (tertiary/aromatic N) is 2. The number of hydrogen-bond acceptors (Lipinski definition) is 6. The molecule has 13 heavy (non-hydrogen) atoms. The molecule has 0 aliphatic rings. The molecule has 1 heterocycles. The Bertz CT molecular complexity index is 288. The van der Waals surface area contributed by atoms with Gasteiger partial charge < -0.3 is 10.5 Å². The van der Waals surface area contributed by atoms with Gasteiger partial charge in [-0.25, -0.2) is 4.79 Å². The first-order valence-corrected chi connectivity index (χ1v) is 4.52. The van der Waals surface area contributed by atoms with Gasteiger partial charge in [-0.2, -0.15) is 9.36 Å². The van der Waals surface area contributed by atoms with E-state index in [1.807, 2.05) is 6.92 Å². The molecule has 0 aliphatic heterocycles. The molecule has 7 heteroatoms. The molecule has 0 bridgehead atoms. The maximum Gasteiger partial charge on any atom is 0.413 e. The quantitative estimate of drug-likeness (QED) is 0.765. The lowest BCUT2D eigenvalue weighted by Crippen LogP contribution is -2.13. The number of ether oxygens (including phenoxy) is 1. The molecule has 0 atom stereocenters. The molecule has 0 saturated carbocycles. The number of hydrogen-bond donors (Lipinski definition) is 2. The van der Waals surface area contributed by atoms with E-state index in [4.69, 9.17) is 10.5 Å². The number of aromatic nitrogens is 2. The number of nitrogens with two attached hydrogens (primary N) is 1. The minimum atomic E-state index is -0.530. The van der Waals surface area contributed by atoms with E-state index in [-0.39, 0.29) is 5.95 Å². The van der Waals surface area contributed by atoms with E-state index in [2.05, 4.69) is 14.7 Å². The van der Waals surface area contributed by atoms with Gasteiger partial charge in [0.15, 0.2) is 0 Å². The van der Waals surface area contributed by atoms with Crippen molar-refractivity contribution in [3.05, 3.63) is 0 Å². The highest BCUT2D eigenvalue weighted by Gasteiger charge is 2.05. The summed E-state index contributed by atoms with van der Waals surface area (Å²) in [5, 5.41) is 2.75. The van der Waals surface area contributed by atoms with E-state index in [9.17, 15) is 4.79 Å². The summed E-state index contributed by atoms with van der Waals surface area (Å²) in [5.74, 6) is 0.149. The second kappa shape index (κ2) is 4.61. The van der Waals surface area contributed by atoms with Crippen LogP contribution in [0.25, 0.3) is 0 Å². The van der Waals surface area contributed by atoms with Crippen LogP contribution in [0.2, 0.25) is 0 Å². The first-order chi connectivity index (χ1) is 6.22.